The van der Waals surface area contributed by atoms with Crippen LogP contribution in [0.2, 0.25) is 0 Å². The predicted molar refractivity (Wildman–Crippen MR) is 90.7 cm³/mol. The summed E-state index contributed by atoms with van der Waals surface area (Å²) >= 11 is 0. The number of nitrogens with zero attached hydrogens (tertiary/aromatic N) is 2. The SMILES string of the molecule is CC(=O)N1C(c2ccncc2)c2c(c[nH]c2O)NC2CCCCC21. The molecule has 6 heteroatoms. The standard InChI is InChI=1S/C18H22N4O2/c1-11(23)22-15-5-3-2-4-13(15)21-14-10-20-18(24)16(14)17(22)12-6-8-19-9-7-12/h6-10,13,15,17,20-21,24H,2-5H2,1H3. The van der Waals surface area contributed by atoms with E-state index in [0.29, 0.717) is 0 Å². The third-order valence-electron chi connectivity index (χ3n) is 5.26. The maximum Gasteiger partial charge on any atom is 0.220 e. The number of hydrogen-bond donors (Lipinski definition) is 3. The number of aromatic hydroxyl groups is 1. The number of pyridine rings is 1. The highest BCUT2D eigenvalue weighted by Crippen LogP contribution is 2.45. The van der Waals surface area contributed by atoms with E-state index in [1.807, 2.05) is 17.0 Å². The Balaban J connectivity index is 1.91. The van der Waals surface area contributed by atoms with Gasteiger partial charge in [0.1, 0.15) is 0 Å². The normalized spacial score (nSPS) is 26.0. The van der Waals surface area contributed by atoms with E-state index in [1.54, 1.807) is 25.5 Å². The van der Waals surface area contributed by atoms with Crippen molar-refractivity contribution in [1.82, 2.24) is 14.9 Å². The Labute approximate surface area is 140 Å². The summed E-state index contributed by atoms with van der Waals surface area (Å²) in [5.74, 6) is 0.146. The maximum atomic E-state index is 12.6. The van der Waals surface area contributed by atoms with E-state index in [0.717, 1.165) is 42.5 Å². The molecule has 1 saturated carbocycles. The first-order valence-corrected chi connectivity index (χ1v) is 8.52. The number of amides is 1. The Morgan fingerprint density at radius 3 is 2.79 bits per heavy atom. The molecular formula is C18H22N4O2. The van der Waals surface area contributed by atoms with Crippen LogP contribution in [-0.2, 0) is 4.79 Å². The minimum Gasteiger partial charge on any atom is -0.494 e. The van der Waals surface area contributed by atoms with Gasteiger partial charge in [-0.25, -0.2) is 0 Å². The summed E-state index contributed by atoms with van der Waals surface area (Å²) < 4.78 is 0. The van der Waals surface area contributed by atoms with Gasteiger partial charge >= 0.3 is 0 Å². The molecule has 2 aliphatic rings. The molecule has 3 unspecified atom stereocenters. The smallest absolute Gasteiger partial charge is 0.220 e. The van der Waals surface area contributed by atoms with E-state index in [2.05, 4.69) is 15.3 Å². The van der Waals surface area contributed by atoms with Gasteiger partial charge in [-0.3, -0.25) is 9.78 Å². The van der Waals surface area contributed by atoms with E-state index >= 15 is 0 Å². The Morgan fingerprint density at radius 2 is 2.04 bits per heavy atom. The molecule has 0 spiro atoms. The zero-order chi connectivity index (χ0) is 16.7. The number of rotatable bonds is 1. The number of anilines is 1. The first kappa shape index (κ1) is 15.1. The first-order valence-electron chi connectivity index (χ1n) is 8.52. The predicted octanol–water partition coefficient (Wildman–Crippen LogP) is 2.79. The molecule has 24 heavy (non-hydrogen) atoms. The lowest BCUT2D eigenvalue weighted by molar-refractivity contribution is -0.134. The van der Waals surface area contributed by atoms with E-state index < -0.39 is 0 Å². The summed E-state index contributed by atoms with van der Waals surface area (Å²) in [6.45, 7) is 1.62. The topological polar surface area (TPSA) is 81.2 Å². The Bertz CT molecular complexity index is 743. The number of fused-ring (bicyclic) bond motifs is 2. The summed E-state index contributed by atoms with van der Waals surface area (Å²) in [5, 5.41) is 14.0. The number of hydrogen-bond acceptors (Lipinski definition) is 4. The van der Waals surface area contributed by atoms with Crippen molar-refractivity contribution in [2.45, 2.75) is 50.7 Å². The largest absolute Gasteiger partial charge is 0.494 e. The van der Waals surface area contributed by atoms with Crippen LogP contribution in [0.25, 0.3) is 0 Å². The fourth-order valence-electron chi connectivity index (χ4n) is 4.25. The Morgan fingerprint density at radius 1 is 1.29 bits per heavy atom. The summed E-state index contributed by atoms with van der Waals surface area (Å²) in [6.07, 6.45) is 9.55. The van der Waals surface area contributed by atoms with Crippen LogP contribution in [0.15, 0.2) is 30.7 Å². The van der Waals surface area contributed by atoms with Crippen molar-refractivity contribution >= 4 is 11.6 Å². The number of H-pyrrole nitrogens is 1. The molecule has 2 aromatic rings. The van der Waals surface area contributed by atoms with Crippen LogP contribution >= 0.6 is 0 Å². The summed E-state index contributed by atoms with van der Waals surface area (Å²) in [6, 6.07) is 3.86. The third-order valence-corrected chi connectivity index (χ3v) is 5.26. The molecule has 6 nitrogen and oxygen atoms in total. The average Bonchev–Trinajstić information content (AvgIpc) is 2.87. The molecule has 0 bridgehead atoms. The maximum absolute atomic E-state index is 12.6. The van der Waals surface area contributed by atoms with Crippen LogP contribution in [0, 0.1) is 0 Å². The van der Waals surface area contributed by atoms with E-state index in [4.69, 9.17) is 0 Å². The Kier molecular flexibility index (Phi) is 3.67. The number of aromatic nitrogens is 2. The van der Waals surface area contributed by atoms with E-state index in [9.17, 15) is 9.90 Å². The van der Waals surface area contributed by atoms with Crippen molar-refractivity contribution in [3.63, 3.8) is 0 Å². The van der Waals surface area contributed by atoms with Crippen LogP contribution in [-0.4, -0.2) is 38.0 Å². The second-order valence-electron chi connectivity index (χ2n) is 6.68. The van der Waals surface area contributed by atoms with Crippen LogP contribution in [0.5, 0.6) is 5.88 Å². The van der Waals surface area contributed by atoms with Crippen molar-refractivity contribution < 1.29 is 9.90 Å². The molecule has 3 heterocycles. The summed E-state index contributed by atoms with van der Waals surface area (Å²) in [4.78, 5) is 21.6. The first-order chi connectivity index (χ1) is 11.7. The molecule has 1 fully saturated rings. The molecular weight excluding hydrogens is 304 g/mol. The van der Waals surface area contributed by atoms with Crippen LogP contribution in [0.4, 0.5) is 5.69 Å². The van der Waals surface area contributed by atoms with Gasteiger partial charge in [-0.1, -0.05) is 12.8 Å². The molecule has 126 valence electrons. The zero-order valence-electron chi connectivity index (χ0n) is 13.7. The lowest BCUT2D eigenvalue weighted by Crippen LogP contribution is -2.50. The molecule has 3 atom stereocenters. The zero-order valence-corrected chi connectivity index (χ0v) is 13.7. The van der Waals surface area contributed by atoms with Gasteiger partial charge < -0.3 is 20.3 Å². The molecule has 2 aromatic heterocycles. The van der Waals surface area contributed by atoms with Crippen molar-refractivity contribution in [3.05, 3.63) is 41.9 Å². The fraction of sp³-hybridized carbons (Fsp3) is 0.444. The van der Waals surface area contributed by atoms with E-state index in [-0.39, 0.29) is 29.9 Å². The van der Waals surface area contributed by atoms with Gasteiger partial charge in [-0.15, -0.1) is 0 Å². The van der Waals surface area contributed by atoms with Gasteiger partial charge in [0.15, 0.2) is 5.88 Å². The highest BCUT2D eigenvalue weighted by molar-refractivity contribution is 5.77. The molecule has 4 rings (SSSR count). The monoisotopic (exact) mass is 326 g/mol. The average molecular weight is 326 g/mol. The van der Waals surface area contributed by atoms with Gasteiger partial charge in [-0.05, 0) is 30.5 Å². The van der Waals surface area contributed by atoms with Gasteiger partial charge in [-0.2, -0.15) is 0 Å². The lowest BCUT2D eigenvalue weighted by atomic mass is 9.88. The van der Waals surface area contributed by atoms with Gasteiger partial charge in [0, 0.05) is 31.6 Å². The van der Waals surface area contributed by atoms with Gasteiger partial charge in [0.2, 0.25) is 5.91 Å². The molecule has 1 aliphatic carbocycles. The second-order valence-corrected chi connectivity index (χ2v) is 6.68. The highest BCUT2D eigenvalue weighted by atomic mass is 16.3. The Hall–Kier alpha value is -2.50. The molecule has 3 N–H and O–H groups in total. The number of carbonyl (C=O) groups is 1. The number of nitrogens with one attached hydrogen (secondary N) is 2. The quantitative estimate of drug-likeness (QED) is 0.753. The molecule has 0 saturated heterocycles. The second kappa shape index (κ2) is 5.85. The third kappa shape index (κ3) is 2.33. The summed E-state index contributed by atoms with van der Waals surface area (Å²) in [5.41, 5.74) is 2.59. The van der Waals surface area contributed by atoms with Crippen LogP contribution < -0.4 is 5.32 Å². The van der Waals surface area contributed by atoms with Crippen molar-refractivity contribution in [3.8, 4) is 5.88 Å². The van der Waals surface area contributed by atoms with E-state index in [1.165, 1.54) is 0 Å². The molecule has 0 radical (unpaired) electrons. The minimum atomic E-state index is -0.313. The minimum absolute atomic E-state index is 0.0314. The van der Waals surface area contributed by atoms with Gasteiger partial charge in [0.25, 0.3) is 0 Å². The van der Waals surface area contributed by atoms with Crippen molar-refractivity contribution in [2.75, 3.05) is 5.32 Å². The number of aromatic amines is 1. The van der Waals surface area contributed by atoms with Crippen molar-refractivity contribution in [2.24, 2.45) is 0 Å². The van der Waals surface area contributed by atoms with Crippen LogP contribution in [0.3, 0.4) is 0 Å². The molecule has 1 aliphatic heterocycles. The fourth-order valence-corrected chi connectivity index (χ4v) is 4.25. The summed E-state index contributed by atoms with van der Waals surface area (Å²) in [7, 11) is 0. The van der Waals surface area contributed by atoms with Crippen molar-refractivity contribution in [1.29, 1.82) is 0 Å². The number of carbonyl (C=O) groups excluding carboxylic acids is 1. The van der Waals surface area contributed by atoms with Crippen LogP contribution in [0.1, 0.15) is 49.8 Å². The molecule has 1 amide bonds. The highest BCUT2D eigenvalue weighted by Gasteiger charge is 2.42. The molecule has 0 aromatic carbocycles. The van der Waals surface area contributed by atoms with Gasteiger partial charge in [0.05, 0.1) is 23.3 Å². The lowest BCUT2D eigenvalue weighted by Gasteiger charge is -2.41.